The summed E-state index contributed by atoms with van der Waals surface area (Å²) in [7, 11) is 0. The molecule has 1 aromatic carbocycles. The quantitative estimate of drug-likeness (QED) is 0.412. The van der Waals surface area contributed by atoms with Crippen molar-refractivity contribution in [2.45, 2.75) is 44.7 Å². The first kappa shape index (κ1) is 21.8. The van der Waals surface area contributed by atoms with Gasteiger partial charge in [-0.25, -0.2) is 4.98 Å². The van der Waals surface area contributed by atoms with Gasteiger partial charge in [-0.2, -0.15) is 0 Å². The minimum absolute atomic E-state index is 0.0804. The van der Waals surface area contributed by atoms with Gasteiger partial charge < -0.3 is 25.5 Å². The number of hydrogen-bond donors (Lipinski definition) is 4. The summed E-state index contributed by atoms with van der Waals surface area (Å²) in [5.41, 5.74) is 2.05. The molecule has 0 aliphatic carbocycles. The van der Waals surface area contributed by atoms with Crippen molar-refractivity contribution in [2.24, 2.45) is 0 Å². The topological polar surface area (TPSA) is 141 Å². The highest BCUT2D eigenvalue weighted by molar-refractivity contribution is 5.95. The van der Waals surface area contributed by atoms with Gasteiger partial charge in [0.15, 0.2) is 5.82 Å². The molecule has 0 saturated carbocycles. The number of carboxylic acids is 1. The highest BCUT2D eigenvalue weighted by atomic mass is 16.4. The van der Waals surface area contributed by atoms with Crippen LogP contribution in [0.3, 0.4) is 0 Å². The summed E-state index contributed by atoms with van der Waals surface area (Å²) in [5, 5.41) is 13.4. The number of aliphatic carboxylic acids is 1. The maximum atomic E-state index is 12.3. The molecule has 29 heavy (non-hydrogen) atoms. The number of nitrogens with zero attached hydrogens (tertiary/aromatic N) is 1. The summed E-state index contributed by atoms with van der Waals surface area (Å²) in [6.45, 7) is 1.43. The molecule has 0 bridgehead atoms. The van der Waals surface area contributed by atoms with E-state index in [0.29, 0.717) is 6.29 Å². The average molecular weight is 400 g/mol. The lowest BCUT2D eigenvalue weighted by Crippen LogP contribution is -2.49. The Balaban J connectivity index is 1.81. The van der Waals surface area contributed by atoms with E-state index in [1.165, 1.54) is 12.5 Å². The van der Waals surface area contributed by atoms with Gasteiger partial charge in [-0.15, -0.1) is 0 Å². The van der Waals surface area contributed by atoms with Gasteiger partial charge in [-0.05, 0) is 31.7 Å². The lowest BCUT2D eigenvalue weighted by molar-refractivity contribution is -0.138. The standard InChI is InChI=1S/C20H24N4O5/c1-13(19(28)24-16(12-25)10-17(26)27)22-20(29)18-21-11-15(23-18)9-5-8-14-6-3-2-4-7-14/h2-4,6-7,11-13,16H,5,8-10H2,1H3,(H,21,23)(H,22,29)(H,24,28)(H,26,27)/t13-,16-/m0/s1. The van der Waals surface area contributed by atoms with Gasteiger partial charge in [0.05, 0.1) is 12.5 Å². The maximum absolute atomic E-state index is 12.3. The number of imidazole rings is 1. The molecule has 2 amide bonds. The van der Waals surface area contributed by atoms with Crippen molar-refractivity contribution < 1.29 is 24.3 Å². The monoisotopic (exact) mass is 400 g/mol. The average Bonchev–Trinajstić information content (AvgIpc) is 3.17. The van der Waals surface area contributed by atoms with Gasteiger partial charge in [0, 0.05) is 11.9 Å². The second-order valence-corrected chi connectivity index (χ2v) is 6.64. The molecule has 2 rings (SSSR count). The second-order valence-electron chi connectivity index (χ2n) is 6.64. The Morgan fingerprint density at radius 1 is 1.17 bits per heavy atom. The van der Waals surface area contributed by atoms with Crippen molar-refractivity contribution in [3.05, 3.63) is 53.6 Å². The first-order valence-corrected chi connectivity index (χ1v) is 9.25. The summed E-state index contributed by atoms with van der Waals surface area (Å²) in [5.74, 6) is -2.36. The zero-order chi connectivity index (χ0) is 21.2. The van der Waals surface area contributed by atoms with E-state index in [-0.39, 0.29) is 5.82 Å². The third-order valence-electron chi connectivity index (χ3n) is 4.23. The van der Waals surface area contributed by atoms with E-state index < -0.39 is 36.3 Å². The van der Waals surface area contributed by atoms with E-state index in [1.54, 1.807) is 6.20 Å². The van der Waals surface area contributed by atoms with Crippen molar-refractivity contribution in [3.8, 4) is 0 Å². The van der Waals surface area contributed by atoms with Crippen molar-refractivity contribution >= 4 is 24.1 Å². The Bertz CT molecular complexity index is 850. The molecule has 0 aliphatic heterocycles. The number of benzene rings is 1. The van der Waals surface area contributed by atoms with E-state index in [9.17, 15) is 19.2 Å². The molecule has 4 N–H and O–H groups in total. The van der Waals surface area contributed by atoms with E-state index in [0.717, 1.165) is 25.0 Å². The SMILES string of the molecule is C[C@H](NC(=O)c1ncc(CCCc2ccccc2)[nH]1)C(=O)N[C@H](C=O)CC(=O)O. The second kappa shape index (κ2) is 10.7. The fourth-order valence-electron chi connectivity index (χ4n) is 2.69. The lowest BCUT2D eigenvalue weighted by atomic mass is 10.1. The molecule has 0 fully saturated rings. The largest absolute Gasteiger partial charge is 0.481 e. The van der Waals surface area contributed by atoms with Gasteiger partial charge in [0.25, 0.3) is 5.91 Å². The molecule has 2 atom stereocenters. The summed E-state index contributed by atoms with van der Waals surface area (Å²) < 4.78 is 0. The fraction of sp³-hybridized carbons (Fsp3) is 0.350. The molecule has 0 saturated heterocycles. The van der Waals surface area contributed by atoms with Crippen LogP contribution in [0.1, 0.15) is 41.6 Å². The number of H-pyrrole nitrogens is 1. The van der Waals surface area contributed by atoms with Crippen LogP contribution in [0.25, 0.3) is 0 Å². The number of nitrogens with one attached hydrogen (secondary N) is 3. The summed E-state index contributed by atoms with van der Waals surface area (Å²) in [6.07, 6.45) is 3.92. The van der Waals surface area contributed by atoms with Crippen LogP contribution in [0.5, 0.6) is 0 Å². The molecule has 1 aromatic heterocycles. The lowest BCUT2D eigenvalue weighted by Gasteiger charge is -2.16. The van der Waals surface area contributed by atoms with Crippen molar-refractivity contribution in [1.29, 1.82) is 0 Å². The predicted molar refractivity (Wildman–Crippen MR) is 104 cm³/mol. The number of aldehydes is 1. The first-order valence-electron chi connectivity index (χ1n) is 9.25. The van der Waals surface area contributed by atoms with Crippen LogP contribution >= 0.6 is 0 Å². The molecule has 9 nitrogen and oxygen atoms in total. The van der Waals surface area contributed by atoms with Crippen LogP contribution in [-0.4, -0.2) is 51.2 Å². The fourth-order valence-corrected chi connectivity index (χ4v) is 2.69. The third-order valence-corrected chi connectivity index (χ3v) is 4.23. The van der Waals surface area contributed by atoms with Gasteiger partial charge in [-0.1, -0.05) is 30.3 Å². The van der Waals surface area contributed by atoms with Gasteiger partial charge in [0.1, 0.15) is 12.3 Å². The van der Waals surface area contributed by atoms with Gasteiger partial charge in [0.2, 0.25) is 5.91 Å². The minimum Gasteiger partial charge on any atom is -0.481 e. The molecular formula is C20H24N4O5. The molecular weight excluding hydrogens is 376 g/mol. The zero-order valence-electron chi connectivity index (χ0n) is 16.1. The van der Waals surface area contributed by atoms with E-state index in [1.807, 2.05) is 18.2 Å². The Morgan fingerprint density at radius 2 is 1.90 bits per heavy atom. The van der Waals surface area contributed by atoms with Crippen LogP contribution in [0.4, 0.5) is 0 Å². The zero-order valence-corrected chi connectivity index (χ0v) is 16.1. The number of rotatable bonds is 11. The Hall–Kier alpha value is -3.49. The highest BCUT2D eigenvalue weighted by Crippen LogP contribution is 2.07. The Labute approximate surface area is 167 Å². The van der Waals surface area contributed by atoms with Gasteiger partial charge >= 0.3 is 5.97 Å². The molecule has 9 heteroatoms. The van der Waals surface area contributed by atoms with Crippen LogP contribution < -0.4 is 10.6 Å². The molecule has 0 unspecified atom stereocenters. The van der Waals surface area contributed by atoms with Crippen molar-refractivity contribution in [3.63, 3.8) is 0 Å². The number of carbonyl (C=O) groups is 4. The number of aromatic nitrogens is 2. The Morgan fingerprint density at radius 3 is 2.55 bits per heavy atom. The molecule has 0 aliphatic rings. The number of carboxylic acid groups (broad SMARTS) is 1. The molecule has 0 spiro atoms. The normalized spacial score (nSPS) is 12.6. The smallest absolute Gasteiger partial charge is 0.305 e. The van der Waals surface area contributed by atoms with E-state index >= 15 is 0 Å². The third kappa shape index (κ3) is 7.21. The summed E-state index contributed by atoms with van der Waals surface area (Å²) >= 11 is 0. The molecule has 1 heterocycles. The number of amides is 2. The highest BCUT2D eigenvalue weighted by Gasteiger charge is 2.22. The summed E-state index contributed by atoms with van der Waals surface area (Å²) in [4.78, 5) is 52.7. The molecule has 0 radical (unpaired) electrons. The van der Waals surface area contributed by atoms with Crippen LogP contribution in [-0.2, 0) is 27.2 Å². The van der Waals surface area contributed by atoms with Crippen LogP contribution in [0.15, 0.2) is 36.5 Å². The molecule has 154 valence electrons. The van der Waals surface area contributed by atoms with Crippen molar-refractivity contribution in [1.82, 2.24) is 20.6 Å². The van der Waals surface area contributed by atoms with Gasteiger partial charge in [-0.3, -0.25) is 14.4 Å². The first-order chi connectivity index (χ1) is 13.9. The minimum atomic E-state index is -1.21. The van der Waals surface area contributed by atoms with E-state index in [2.05, 4.69) is 32.7 Å². The van der Waals surface area contributed by atoms with E-state index in [4.69, 9.17) is 5.11 Å². The number of carbonyl (C=O) groups excluding carboxylic acids is 3. The maximum Gasteiger partial charge on any atom is 0.305 e. The molecule has 2 aromatic rings. The number of aromatic amines is 1. The summed E-state index contributed by atoms with van der Waals surface area (Å²) in [6, 6.07) is 7.95. The number of hydrogen-bond acceptors (Lipinski definition) is 5. The van der Waals surface area contributed by atoms with Crippen LogP contribution in [0.2, 0.25) is 0 Å². The van der Waals surface area contributed by atoms with Crippen LogP contribution in [0, 0.1) is 0 Å². The van der Waals surface area contributed by atoms with Crippen molar-refractivity contribution in [2.75, 3.05) is 0 Å². The predicted octanol–water partition coefficient (Wildman–Crippen LogP) is 0.862. The number of aryl methyl sites for hydroxylation is 2. The Kier molecular flexibility index (Phi) is 8.08.